The van der Waals surface area contributed by atoms with E-state index in [1.807, 2.05) is 24.3 Å². The first-order valence-electron chi connectivity index (χ1n) is 4.99. The van der Waals surface area contributed by atoms with Crippen LogP contribution in [0.15, 0.2) is 24.3 Å². The van der Waals surface area contributed by atoms with E-state index >= 15 is 0 Å². The van der Waals surface area contributed by atoms with E-state index in [1.165, 1.54) is 18.4 Å². The summed E-state index contributed by atoms with van der Waals surface area (Å²) in [5, 5.41) is 9.29. The number of rotatable bonds is 1. The molecule has 1 aromatic rings. The average Bonchev–Trinajstić information content (AvgIpc) is 2.88. The van der Waals surface area contributed by atoms with Crippen molar-refractivity contribution < 1.29 is 24.2 Å². The van der Waals surface area contributed by atoms with Crippen LogP contribution in [0.4, 0.5) is 0 Å². The summed E-state index contributed by atoms with van der Waals surface area (Å²) in [5.41, 5.74) is 1.91. The summed E-state index contributed by atoms with van der Waals surface area (Å²) in [6.45, 7) is 2.00. The molecule has 0 bridgehead atoms. The van der Waals surface area contributed by atoms with Crippen LogP contribution in [0.1, 0.15) is 24.0 Å². The normalized spacial score (nSPS) is 13.0. The molecule has 82 valence electrons. The molecular formula is C12H14BrNOZn. The van der Waals surface area contributed by atoms with Gasteiger partial charge in [-0.2, -0.15) is 5.26 Å². The van der Waals surface area contributed by atoms with Gasteiger partial charge in [-0.15, -0.1) is 0 Å². The molecule has 0 aromatic heterocycles. The number of hydrogen-bond acceptors (Lipinski definition) is 2. The van der Waals surface area contributed by atoms with Crippen LogP contribution in [0, 0.1) is 11.3 Å². The zero-order chi connectivity index (χ0) is 10.9. The maximum atomic E-state index is 8.44. The van der Waals surface area contributed by atoms with Crippen molar-refractivity contribution in [2.45, 2.75) is 18.2 Å². The Morgan fingerprint density at radius 3 is 2.06 bits per heavy atom. The maximum Gasteiger partial charge on any atom is 0.0991 e. The van der Waals surface area contributed by atoms with E-state index in [9.17, 15) is 0 Å². The maximum absolute atomic E-state index is 8.44. The van der Waals surface area contributed by atoms with Crippen molar-refractivity contribution in [3.8, 4) is 6.07 Å². The molecule has 0 unspecified atom stereocenters. The van der Waals surface area contributed by atoms with E-state index in [4.69, 9.17) is 10.00 Å². The number of nitrogens with zero attached hydrogens (tertiary/aromatic N) is 1. The van der Waals surface area contributed by atoms with Crippen molar-refractivity contribution in [3.05, 3.63) is 35.4 Å². The second-order valence-corrected chi connectivity index (χ2v) is 3.82. The quantitative estimate of drug-likeness (QED) is 0.584. The molecule has 0 atom stereocenters. The number of halogens is 1. The van der Waals surface area contributed by atoms with Crippen molar-refractivity contribution in [3.63, 3.8) is 0 Å². The van der Waals surface area contributed by atoms with Crippen LogP contribution in [0.3, 0.4) is 0 Å². The summed E-state index contributed by atoms with van der Waals surface area (Å²) in [6, 6.07) is 9.57. The van der Waals surface area contributed by atoms with Crippen molar-refractivity contribution in [2.75, 3.05) is 13.2 Å². The Balaban J connectivity index is 0.000000318. The van der Waals surface area contributed by atoms with Gasteiger partial charge in [0, 0.05) is 38.0 Å². The molecule has 16 heavy (non-hydrogen) atoms. The van der Waals surface area contributed by atoms with Gasteiger partial charge in [0.15, 0.2) is 0 Å². The molecule has 0 aliphatic carbocycles. The first-order valence-corrected chi connectivity index (χ1v) is 6.11. The van der Waals surface area contributed by atoms with Crippen LogP contribution < -0.4 is 0 Å². The second-order valence-electron chi connectivity index (χ2n) is 3.26. The summed E-state index contributed by atoms with van der Waals surface area (Å²) < 4.78 is 4.94. The van der Waals surface area contributed by atoms with Crippen molar-refractivity contribution in [2.24, 2.45) is 0 Å². The second kappa shape index (κ2) is 9.96. The molecule has 0 radical (unpaired) electrons. The fourth-order valence-corrected chi connectivity index (χ4v) is 1.55. The molecule has 1 saturated heterocycles. The fourth-order valence-electron chi connectivity index (χ4n) is 1.18. The van der Waals surface area contributed by atoms with Crippen LogP contribution in [-0.4, -0.2) is 13.2 Å². The zero-order valence-corrected chi connectivity index (χ0v) is 13.8. The zero-order valence-electron chi connectivity index (χ0n) is 9.29. The predicted molar refractivity (Wildman–Crippen MR) is 63.8 cm³/mol. The number of hydrogen-bond donors (Lipinski definition) is 0. The standard InChI is InChI=1S/C8H6BrN.C4H8O.Zn/c9-5-7-1-3-8(6-10)4-2-7;1-2-4-5-3-1;/h1-4H,5H2;1-4H2;. The van der Waals surface area contributed by atoms with E-state index in [-0.39, 0.29) is 19.5 Å². The molecule has 0 spiro atoms. The third-order valence-corrected chi connectivity index (χ3v) is 2.71. The minimum Gasteiger partial charge on any atom is -0.381 e. The third-order valence-electron chi connectivity index (χ3n) is 2.06. The smallest absolute Gasteiger partial charge is 0.0991 e. The van der Waals surface area contributed by atoms with Gasteiger partial charge in [-0.1, -0.05) is 28.1 Å². The first-order chi connectivity index (χ1) is 7.36. The molecule has 1 fully saturated rings. The molecule has 2 rings (SSSR count). The topological polar surface area (TPSA) is 33.0 Å². The minimum absolute atomic E-state index is 0. The molecule has 1 aliphatic rings. The van der Waals surface area contributed by atoms with Crippen molar-refractivity contribution >= 4 is 15.9 Å². The molecule has 0 saturated carbocycles. The Hall–Kier alpha value is -0.227. The molecule has 0 amide bonds. The van der Waals surface area contributed by atoms with Crippen LogP contribution in [-0.2, 0) is 29.5 Å². The van der Waals surface area contributed by atoms with Crippen molar-refractivity contribution in [1.82, 2.24) is 0 Å². The fraction of sp³-hybridized carbons (Fsp3) is 0.417. The number of alkyl halides is 1. The largest absolute Gasteiger partial charge is 0.381 e. The number of ether oxygens (including phenoxy) is 1. The summed E-state index contributed by atoms with van der Waals surface area (Å²) in [6.07, 6.45) is 2.56. The van der Waals surface area contributed by atoms with Gasteiger partial charge in [0.1, 0.15) is 0 Å². The molecule has 1 aromatic carbocycles. The van der Waals surface area contributed by atoms with E-state index < -0.39 is 0 Å². The van der Waals surface area contributed by atoms with E-state index in [0.29, 0.717) is 5.56 Å². The molecule has 1 heterocycles. The summed E-state index contributed by atoms with van der Waals surface area (Å²) in [7, 11) is 0. The molecular weight excluding hydrogens is 319 g/mol. The van der Waals surface area contributed by atoms with E-state index in [2.05, 4.69) is 22.0 Å². The van der Waals surface area contributed by atoms with Crippen molar-refractivity contribution in [1.29, 1.82) is 5.26 Å². The van der Waals surface area contributed by atoms with Gasteiger partial charge < -0.3 is 4.74 Å². The summed E-state index contributed by atoms with van der Waals surface area (Å²) >= 11 is 3.32. The number of benzene rings is 1. The van der Waals surface area contributed by atoms with Gasteiger partial charge in [-0.3, -0.25) is 0 Å². The van der Waals surface area contributed by atoms with E-state index in [0.717, 1.165) is 18.5 Å². The molecule has 1 aliphatic heterocycles. The van der Waals surface area contributed by atoms with Gasteiger partial charge in [0.05, 0.1) is 11.6 Å². The Morgan fingerprint density at radius 1 is 1.19 bits per heavy atom. The predicted octanol–water partition coefficient (Wildman–Crippen LogP) is 3.25. The van der Waals surface area contributed by atoms with Crippen LogP contribution in [0.2, 0.25) is 0 Å². The monoisotopic (exact) mass is 331 g/mol. The average molecular weight is 334 g/mol. The minimum atomic E-state index is 0. The van der Waals surface area contributed by atoms with Gasteiger partial charge in [0.25, 0.3) is 0 Å². The van der Waals surface area contributed by atoms with Gasteiger partial charge in [0.2, 0.25) is 0 Å². The Labute approximate surface area is 118 Å². The Morgan fingerprint density at radius 2 is 1.75 bits per heavy atom. The Kier molecular flexibility index (Phi) is 9.82. The molecule has 4 heteroatoms. The summed E-state index contributed by atoms with van der Waals surface area (Å²) in [5.74, 6) is 0. The molecule has 0 N–H and O–H groups in total. The Bertz CT molecular complexity index is 309. The SMILES string of the molecule is C1CCOC1.N#Cc1ccc(CBr)cc1.[Zn]. The number of nitriles is 1. The van der Waals surface area contributed by atoms with Gasteiger partial charge >= 0.3 is 0 Å². The van der Waals surface area contributed by atoms with Crippen LogP contribution in [0.25, 0.3) is 0 Å². The summed E-state index contributed by atoms with van der Waals surface area (Å²) in [4.78, 5) is 0. The van der Waals surface area contributed by atoms with Gasteiger partial charge in [-0.05, 0) is 30.5 Å². The van der Waals surface area contributed by atoms with E-state index in [1.54, 1.807) is 0 Å². The first kappa shape index (κ1) is 15.8. The van der Waals surface area contributed by atoms with Crippen LogP contribution >= 0.6 is 15.9 Å². The van der Waals surface area contributed by atoms with Gasteiger partial charge in [-0.25, -0.2) is 0 Å². The van der Waals surface area contributed by atoms with Crippen LogP contribution in [0.5, 0.6) is 0 Å². The third kappa shape index (κ3) is 6.38. The molecule has 2 nitrogen and oxygen atoms in total.